The van der Waals surface area contributed by atoms with Gasteiger partial charge in [0.1, 0.15) is 0 Å². The van der Waals surface area contributed by atoms with Crippen LogP contribution in [-0.4, -0.2) is 48.0 Å². The molecule has 0 radical (unpaired) electrons. The maximum Gasteiger partial charge on any atom is 0.317 e. The van der Waals surface area contributed by atoms with E-state index in [1.807, 2.05) is 13.8 Å². The summed E-state index contributed by atoms with van der Waals surface area (Å²) in [5.41, 5.74) is 0.512. The van der Waals surface area contributed by atoms with Gasteiger partial charge >= 0.3 is 6.03 Å². The topological polar surface area (TPSA) is 74.3 Å². The molecule has 0 bridgehead atoms. The van der Waals surface area contributed by atoms with Gasteiger partial charge in [-0.3, -0.25) is 9.78 Å². The highest BCUT2D eigenvalue weighted by atomic mass is 16.2. The molecule has 0 aliphatic carbocycles. The lowest BCUT2D eigenvalue weighted by molar-refractivity contribution is 0.0953. The summed E-state index contributed by atoms with van der Waals surface area (Å²) in [4.78, 5) is 28.8. The van der Waals surface area contributed by atoms with E-state index < -0.39 is 0 Å². The van der Waals surface area contributed by atoms with Crippen molar-refractivity contribution in [2.45, 2.75) is 13.8 Å². The maximum absolute atomic E-state index is 11.7. The van der Waals surface area contributed by atoms with Crippen LogP contribution in [0.2, 0.25) is 0 Å². The molecule has 0 spiro atoms. The molecule has 6 heteroatoms. The van der Waals surface area contributed by atoms with Crippen LogP contribution < -0.4 is 10.6 Å². The van der Waals surface area contributed by atoms with E-state index in [1.165, 1.54) is 6.20 Å². The Bertz CT molecular complexity index is 404. The molecule has 3 amide bonds. The van der Waals surface area contributed by atoms with Gasteiger partial charge in [-0.2, -0.15) is 0 Å². The summed E-state index contributed by atoms with van der Waals surface area (Å²) < 4.78 is 0. The lowest BCUT2D eigenvalue weighted by Gasteiger charge is -2.19. The third-order valence-corrected chi connectivity index (χ3v) is 2.66. The number of nitrogens with one attached hydrogen (secondary N) is 2. The highest BCUT2D eigenvalue weighted by molar-refractivity contribution is 5.93. The lowest BCUT2D eigenvalue weighted by atomic mass is 10.3. The van der Waals surface area contributed by atoms with Crippen LogP contribution in [0.3, 0.4) is 0 Å². The number of pyridine rings is 1. The molecule has 0 fully saturated rings. The van der Waals surface area contributed by atoms with Crippen LogP contribution in [0, 0.1) is 0 Å². The molecule has 0 aromatic carbocycles. The third-order valence-electron chi connectivity index (χ3n) is 2.66. The molecule has 6 nitrogen and oxygen atoms in total. The number of amides is 3. The second kappa shape index (κ2) is 8.07. The minimum absolute atomic E-state index is 0.111. The zero-order valence-electron chi connectivity index (χ0n) is 11.3. The number of urea groups is 1. The van der Waals surface area contributed by atoms with Crippen molar-refractivity contribution in [2.24, 2.45) is 0 Å². The van der Waals surface area contributed by atoms with Crippen molar-refractivity contribution >= 4 is 11.9 Å². The Morgan fingerprint density at radius 3 is 2.47 bits per heavy atom. The normalized spacial score (nSPS) is 9.79. The van der Waals surface area contributed by atoms with E-state index in [9.17, 15) is 9.59 Å². The Balaban J connectivity index is 2.24. The van der Waals surface area contributed by atoms with Crippen molar-refractivity contribution < 1.29 is 9.59 Å². The Labute approximate surface area is 113 Å². The highest BCUT2D eigenvalue weighted by Crippen LogP contribution is 1.94. The summed E-state index contributed by atoms with van der Waals surface area (Å²) in [5.74, 6) is -0.190. The van der Waals surface area contributed by atoms with E-state index in [0.717, 1.165) is 0 Å². The predicted octanol–water partition coefficient (Wildman–Crippen LogP) is 0.863. The molecule has 1 heterocycles. The first-order chi connectivity index (χ1) is 9.19. The SMILES string of the molecule is CCN(CC)C(=O)NCCNC(=O)c1cccnc1. The predicted molar refractivity (Wildman–Crippen MR) is 72.9 cm³/mol. The second-order valence-corrected chi connectivity index (χ2v) is 3.90. The van der Waals surface area contributed by atoms with Crippen LogP contribution in [0.25, 0.3) is 0 Å². The van der Waals surface area contributed by atoms with E-state index >= 15 is 0 Å². The maximum atomic E-state index is 11.7. The Morgan fingerprint density at radius 2 is 1.89 bits per heavy atom. The average Bonchev–Trinajstić information content (AvgIpc) is 2.45. The zero-order valence-corrected chi connectivity index (χ0v) is 11.3. The van der Waals surface area contributed by atoms with Crippen LogP contribution in [0.5, 0.6) is 0 Å². The first kappa shape index (κ1) is 14.9. The van der Waals surface area contributed by atoms with E-state index in [1.54, 1.807) is 23.2 Å². The largest absolute Gasteiger partial charge is 0.350 e. The Hall–Kier alpha value is -2.11. The zero-order chi connectivity index (χ0) is 14.1. The molecule has 0 aliphatic heterocycles. The summed E-state index contributed by atoms with van der Waals surface area (Å²) in [5, 5.41) is 5.47. The summed E-state index contributed by atoms with van der Waals surface area (Å²) in [6.45, 7) is 5.98. The first-order valence-electron chi connectivity index (χ1n) is 6.40. The van der Waals surface area contributed by atoms with Crippen molar-refractivity contribution in [1.82, 2.24) is 20.5 Å². The summed E-state index contributed by atoms with van der Waals surface area (Å²) in [7, 11) is 0. The van der Waals surface area contributed by atoms with Crippen LogP contribution in [0.4, 0.5) is 4.79 Å². The fourth-order valence-electron chi connectivity index (χ4n) is 1.57. The molecule has 0 atom stereocenters. The molecule has 1 aromatic rings. The van der Waals surface area contributed by atoms with Gasteiger partial charge in [0.05, 0.1) is 5.56 Å². The van der Waals surface area contributed by atoms with Gasteiger partial charge < -0.3 is 15.5 Å². The molecule has 0 saturated heterocycles. The molecule has 19 heavy (non-hydrogen) atoms. The van der Waals surface area contributed by atoms with Gasteiger partial charge in [-0.25, -0.2) is 4.79 Å². The number of hydrogen-bond acceptors (Lipinski definition) is 3. The van der Waals surface area contributed by atoms with E-state index in [2.05, 4.69) is 15.6 Å². The van der Waals surface area contributed by atoms with Crippen molar-refractivity contribution in [2.75, 3.05) is 26.2 Å². The van der Waals surface area contributed by atoms with Gasteiger partial charge in [-0.1, -0.05) is 0 Å². The minimum Gasteiger partial charge on any atom is -0.350 e. The van der Waals surface area contributed by atoms with Gasteiger partial charge in [0.15, 0.2) is 0 Å². The summed E-state index contributed by atoms with van der Waals surface area (Å²) in [6.07, 6.45) is 3.12. The van der Waals surface area contributed by atoms with Crippen LogP contribution >= 0.6 is 0 Å². The number of aromatic nitrogens is 1. The quantitative estimate of drug-likeness (QED) is 0.748. The number of nitrogens with zero attached hydrogens (tertiary/aromatic N) is 2. The lowest BCUT2D eigenvalue weighted by Crippen LogP contribution is -2.42. The standard InChI is InChI=1S/C13H20N4O2/c1-3-17(4-2)13(19)16-9-8-15-12(18)11-6-5-7-14-10-11/h5-7,10H,3-4,8-9H2,1-2H3,(H,15,18)(H,16,19). The van der Waals surface area contributed by atoms with E-state index in [4.69, 9.17) is 0 Å². The molecule has 0 unspecified atom stereocenters. The van der Waals surface area contributed by atoms with Gasteiger partial charge in [0, 0.05) is 38.6 Å². The molecule has 0 saturated carbocycles. The van der Waals surface area contributed by atoms with Crippen LogP contribution in [0.1, 0.15) is 24.2 Å². The average molecular weight is 264 g/mol. The smallest absolute Gasteiger partial charge is 0.317 e. The van der Waals surface area contributed by atoms with Crippen molar-refractivity contribution in [3.8, 4) is 0 Å². The van der Waals surface area contributed by atoms with Crippen LogP contribution in [-0.2, 0) is 0 Å². The molecule has 104 valence electrons. The van der Waals surface area contributed by atoms with E-state index in [0.29, 0.717) is 31.7 Å². The minimum atomic E-state index is -0.190. The highest BCUT2D eigenvalue weighted by Gasteiger charge is 2.08. The van der Waals surface area contributed by atoms with E-state index in [-0.39, 0.29) is 11.9 Å². The summed E-state index contributed by atoms with van der Waals surface area (Å²) in [6, 6.07) is 3.29. The Kier molecular flexibility index (Phi) is 6.35. The molecule has 0 aliphatic rings. The number of carbonyl (C=O) groups excluding carboxylic acids is 2. The Morgan fingerprint density at radius 1 is 1.21 bits per heavy atom. The molecule has 1 aromatic heterocycles. The van der Waals surface area contributed by atoms with Gasteiger partial charge in [0.2, 0.25) is 0 Å². The molecular weight excluding hydrogens is 244 g/mol. The fourth-order valence-corrected chi connectivity index (χ4v) is 1.57. The van der Waals surface area contributed by atoms with Gasteiger partial charge in [0.25, 0.3) is 5.91 Å². The third kappa shape index (κ3) is 4.95. The first-order valence-corrected chi connectivity index (χ1v) is 6.40. The molecule has 1 rings (SSSR count). The molecule has 2 N–H and O–H groups in total. The number of hydrogen-bond donors (Lipinski definition) is 2. The van der Waals surface area contributed by atoms with Gasteiger partial charge in [-0.15, -0.1) is 0 Å². The van der Waals surface area contributed by atoms with Crippen LogP contribution in [0.15, 0.2) is 24.5 Å². The number of rotatable bonds is 6. The summed E-state index contributed by atoms with van der Waals surface area (Å²) >= 11 is 0. The number of carbonyl (C=O) groups is 2. The monoisotopic (exact) mass is 264 g/mol. The molecular formula is C13H20N4O2. The van der Waals surface area contributed by atoms with Crippen molar-refractivity contribution in [1.29, 1.82) is 0 Å². The van der Waals surface area contributed by atoms with Crippen molar-refractivity contribution in [3.05, 3.63) is 30.1 Å². The fraction of sp³-hybridized carbons (Fsp3) is 0.462. The second-order valence-electron chi connectivity index (χ2n) is 3.90. The van der Waals surface area contributed by atoms with Gasteiger partial charge in [-0.05, 0) is 26.0 Å². The van der Waals surface area contributed by atoms with Crippen molar-refractivity contribution in [3.63, 3.8) is 0 Å².